The summed E-state index contributed by atoms with van der Waals surface area (Å²) in [4.78, 5) is 11.9. The quantitative estimate of drug-likeness (QED) is 0.495. The van der Waals surface area contributed by atoms with Crippen molar-refractivity contribution in [1.82, 2.24) is 5.32 Å². The number of amides is 1. The van der Waals surface area contributed by atoms with Crippen molar-refractivity contribution in [2.75, 3.05) is 13.7 Å². The number of ether oxygens (including phenoxy) is 1. The van der Waals surface area contributed by atoms with Crippen molar-refractivity contribution in [3.05, 3.63) is 59.2 Å². The largest absolute Gasteiger partial charge is 0.394 e. The molecule has 3 rings (SSSR count). The summed E-state index contributed by atoms with van der Waals surface area (Å²) in [5.74, 6) is -0.150. The van der Waals surface area contributed by atoms with Crippen LogP contribution >= 0.6 is 0 Å². The summed E-state index contributed by atoms with van der Waals surface area (Å²) >= 11 is 0. The highest BCUT2D eigenvalue weighted by atomic mass is 16.5. The molecular weight excluding hydrogens is 374 g/mol. The number of carbonyl (C=O) groups is 1. The number of benzene rings is 2. The van der Waals surface area contributed by atoms with Gasteiger partial charge in [0.05, 0.1) is 12.7 Å². The van der Waals surface area contributed by atoms with Crippen LogP contribution in [0, 0.1) is 6.92 Å². The number of hydrogen-bond acceptors (Lipinski definition) is 6. The highest BCUT2D eigenvalue weighted by molar-refractivity contribution is 5.95. The van der Waals surface area contributed by atoms with Gasteiger partial charge in [0.15, 0.2) is 0 Å². The minimum absolute atomic E-state index is 0.150. The molecule has 0 aliphatic carbocycles. The van der Waals surface area contributed by atoms with Gasteiger partial charge < -0.3 is 30.5 Å². The molecule has 0 bridgehead atoms. The zero-order valence-electron chi connectivity index (χ0n) is 16.4. The molecule has 0 saturated carbocycles. The third-order valence-corrected chi connectivity index (χ3v) is 5.44. The molecule has 5 atom stereocenters. The van der Waals surface area contributed by atoms with Gasteiger partial charge in [0, 0.05) is 19.0 Å². The average Bonchev–Trinajstić information content (AvgIpc) is 2.74. The molecule has 1 saturated heterocycles. The maximum atomic E-state index is 11.9. The lowest BCUT2D eigenvalue weighted by molar-refractivity contribution is -0.228. The van der Waals surface area contributed by atoms with E-state index in [0.717, 1.165) is 22.3 Å². The predicted molar refractivity (Wildman–Crippen MR) is 107 cm³/mol. The van der Waals surface area contributed by atoms with E-state index in [-0.39, 0.29) is 5.91 Å². The third kappa shape index (κ3) is 4.49. The summed E-state index contributed by atoms with van der Waals surface area (Å²) in [6.45, 7) is 1.49. The third-order valence-electron chi connectivity index (χ3n) is 5.44. The second-order valence-corrected chi connectivity index (χ2v) is 7.37. The summed E-state index contributed by atoms with van der Waals surface area (Å²) in [7, 11) is 1.59. The minimum Gasteiger partial charge on any atom is -0.394 e. The number of aryl methyl sites for hydroxylation is 1. The second kappa shape index (κ2) is 9.02. The molecule has 7 nitrogen and oxygen atoms in total. The first-order chi connectivity index (χ1) is 13.8. The maximum Gasteiger partial charge on any atom is 0.251 e. The Morgan fingerprint density at radius 2 is 1.69 bits per heavy atom. The van der Waals surface area contributed by atoms with Crippen molar-refractivity contribution in [2.24, 2.45) is 0 Å². The number of aliphatic hydroxyl groups excluding tert-OH is 4. The van der Waals surface area contributed by atoms with Crippen LogP contribution in [0.5, 0.6) is 0 Å². The summed E-state index contributed by atoms with van der Waals surface area (Å²) in [5.41, 5.74) is 4.32. The molecule has 0 spiro atoms. The predicted octanol–water partition coefficient (Wildman–Crippen LogP) is 0.407. The summed E-state index contributed by atoms with van der Waals surface area (Å²) in [6, 6.07) is 13.2. The molecule has 29 heavy (non-hydrogen) atoms. The Bertz CT molecular complexity index is 868. The van der Waals surface area contributed by atoms with Crippen molar-refractivity contribution in [3.63, 3.8) is 0 Å². The average molecular weight is 401 g/mol. The fourth-order valence-electron chi connectivity index (χ4n) is 3.65. The summed E-state index contributed by atoms with van der Waals surface area (Å²) in [6.07, 6.45) is -5.32. The van der Waals surface area contributed by atoms with E-state index in [0.29, 0.717) is 12.0 Å². The number of hydrogen-bond donors (Lipinski definition) is 5. The van der Waals surface area contributed by atoms with Crippen molar-refractivity contribution in [1.29, 1.82) is 0 Å². The van der Waals surface area contributed by atoms with Crippen LogP contribution in [-0.2, 0) is 11.2 Å². The van der Waals surface area contributed by atoms with Crippen molar-refractivity contribution < 1.29 is 30.0 Å². The zero-order chi connectivity index (χ0) is 21.1. The molecule has 2 aromatic carbocycles. The Morgan fingerprint density at radius 3 is 2.34 bits per heavy atom. The molecule has 7 heteroatoms. The molecule has 1 amide bonds. The van der Waals surface area contributed by atoms with Gasteiger partial charge in [0.2, 0.25) is 0 Å². The number of carbonyl (C=O) groups excluding carboxylic acids is 1. The van der Waals surface area contributed by atoms with Crippen LogP contribution in [0.15, 0.2) is 42.5 Å². The first kappa shape index (κ1) is 21.4. The Labute approximate surface area is 169 Å². The van der Waals surface area contributed by atoms with E-state index in [1.54, 1.807) is 13.1 Å². The number of rotatable bonds is 5. The highest BCUT2D eigenvalue weighted by Crippen LogP contribution is 2.27. The van der Waals surface area contributed by atoms with E-state index < -0.39 is 37.1 Å². The second-order valence-electron chi connectivity index (χ2n) is 7.37. The van der Waals surface area contributed by atoms with E-state index in [2.05, 4.69) is 5.32 Å². The lowest BCUT2D eigenvalue weighted by Gasteiger charge is -2.40. The van der Waals surface area contributed by atoms with E-state index >= 15 is 0 Å². The fourth-order valence-corrected chi connectivity index (χ4v) is 3.65. The molecule has 1 heterocycles. The van der Waals surface area contributed by atoms with Crippen molar-refractivity contribution in [3.8, 4) is 11.1 Å². The standard InChI is InChI=1S/C22H27NO6/c1-12-8-15(14-4-3-5-16(9-14)22(28)23-2)7-6-13(12)10-17-19(25)21(27)20(26)18(11-24)29-17/h3-9,17-21,24-27H,10-11H2,1-2H3,(H,23,28). The van der Waals surface area contributed by atoms with Crippen LogP contribution in [0.4, 0.5) is 0 Å². The van der Waals surface area contributed by atoms with Crippen LogP contribution < -0.4 is 5.32 Å². The molecule has 156 valence electrons. The number of nitrogens with one attached hydrogen (secondary N) is 1. The van der Waals surface area contributed by atoms with Crippen LogP contribution in [0.3, 0.4) is 0 Å². The molecule has 1 aliphatic rings. The van der Waals surface area contributed by atoms with Gasteiger partial charge in [-0.15, -0.1) is 0 Å². The lowest BCUT2D eigenvalue weighted by Crippen LogP contribution is -2.59. The van der Waals surface area contributed by atoms with Gasteiger partial charge >= 0.3 is 0 Å². The van der Waals surface area contributed by atoms with Gasteiger partial charge in [0.1, 0.15) is 24.4 Å². The fraction of sp³-hybridized carbons (Fsp3) is 0.409. The molecule has 1 aliphatic heterocycles. The van der Waals surface area contributed by atoms with Crippen LogP contribution in [0.1, 0.15) is 21.5 Å². The highest BCUT2D eigenvalue weighted by Gasteiger charge is 2.43. The van der Waals surface area contributed by atoms with Crippen molar-refractivity contribution >= 4 is 5.91 Å². The molecule has 5 unspecified atom stereocenters. The van der Waals surface area contributed by atoms with E-state index in [4.69, 9.17) is 4.74 Å². The molecular formula is C22H27NO6. The van der Waals surface area contributed by atoms with E-state index in [9.17, 15) is 25.2 Å². The smallest absolute Gasteiger partial charge is 0.251 e. The summed E-state index contributed by atoms with van der Waals surface area (Å²) < 4.78 is 5.60. The van der Waals surface area contributed by atoms with E-state index in [1.807, 2.05) is 43.3 Å². The van der Waals surface area contributed by atoms with Crippen LogP contribution in [-0.4, -0.2) is 70.5 Å². The van der Waals surface area contributed by atoms with Gasteiger partial charge in [-0.25, -0.2) is 0 Å². The van der Waals surface area contributed by atoms with Gasteiger partial charge in [-0.1, -0.05) is 30.3 Å². The Kier molecular flexibility index (Phi) is 6.66. The molecule has 1 fully saturated rings. The van der Waals surface area contributed by atoms with Gasteiger partial charge in [0.25, 0.3) is 5.91 Å². The van der Waals surface area contributed by atoms with Crippen LogP contribution in [0.2, 0.25) is 0 Å². The maximum absolute atomic E-state index is 11.9. The Balaban J connectivity index is 1.81. The molecule has 0 radical (unpaired) electrons. The monoisotopic (exact) mass is 401 g/mol. The molecule has 5 N–H and O–H groups in total. The number of aliphatic hydroxyl groups is 4. The lowest BCUT2D eigenvalue weighted by atomic mass is 9.89. The first-order valence-corrected chi connectivity index (χ1v) is 9.58. The normalized spacial score (nSPS) is 26.9. The van der Waals surface area contributed by atoms with Gasteiger partial charge in [-0.05, 0) is 41.3 Å². The Hall–Kier alpha value is -2.29. The van der Waals surface area contributed by atoms with Crippen molar-refractivity contribution in [2.45, 2.75) is 43.9 Å². The summed E-state index contributed by atoms with van der Waals surface area (Å²) in [5, 5.41) is 42.1. The van der Waals surface area contributed by atoms with Gasteiger partial charge in [-0.3, -0.25) is 4.79 Å². The first-order valence-electron chi connectivity index (χ1n) is 9.58. The zero-order valence-corrected chi connectivity index (χ0v) is 16.4. The van der Waals surface area contributed by atoms with Crippen LogP contribution in [0.25, 0.3) is 11.1 Å². The topological polar surface area (TPSA) is 119 Å². The Morgan fingerprint density at radius 1 is 1.00 bits per heavy atom. The molecule has 2 aromatic rings. The minimum atomic E-state index is -1.38. The van der Waals surface area contributed by atoms with E-state index in [1.165, 1.54) is 0 Å². The van der Waals surface area contributed by atoms with Gasteiger partial charge in [-0.2, -0.15) is 0 Å². The SMILES string of the molecule is CNC(=O)c1cccc(-c2ccc(CC3OC(CO)C(O)C(O)C3O)c(C)c2)c1. The molecule has 0 aromatic heterocycles.